The summed E-state index contributed by atoms with van der Waals surface area (Å²) in [4.78, 5) is 24.0. The van der Waals surface area contributed by atoms with Crippen molar-refractivity contribution >= 4 is 17.4 Å². The minimum atomic E-state index is -4.86. The summed E-state index contributed by atoms with van der Waals surface area (Å²) in [5, 5.41) is 18.1. The molecular formula is C32H31F3N6O2. The number of anilines is 2. The van der Waals surface area contributed by atoms with E-state index in [1.165, 1.54) is 4.68 Å². The SMILES string of the molecule is O=C1Nc2c(c(C3CCN(c4cnc(C5CC5)nc4)CC3)nn2C(c2ccccc2)c2ccccc2)[C@H](C(F)(F)F)[C@@H]1O. The van der Waals surface area contributed by atoms with E-state index < -0.39 is 30.1 Å². The lowest BCUT2D eigenvalue weighted by Crippen LogP contribution is -2.45. The number of nitrogens with zero attached hydrogens (tertiary/aromatic N) is 5. The highest BCUT2D eigenvalue weighted by molar-refractivity contribution is 5.97. The average Bonchev–Trinajstić information content (AvgIpc) is 3.81. The van der Waals surface area contributed by atoms with Crippen molar-refractivity contribution in [3.8, 4) is 0 Å². The number of rotatable bonds is 6. The Morgan fingerprint density at radius 2 is 1.44 bits per heavy atom. The first-order valence-corrected chi connectivity index (χ1v) is 14.6. The van der Waals surface area contributed by atoms with Crippen LogP contribution in [0.1, 0.15) is 77.7 Å². The maximum absolute atomic E-state index is 14.6. The van der Waals surface area contributed by atoms with Gasteiger partial charge in [-0.05, 0) is 36.8 Å². The second kappa shape index (κ2) is 10.8. The van der Waals surface area contributed by atoms with Gasteiger partial charge in [0.1, 0.15) is 29.7 Å². The van der Waals surface area contributed by atoms with Gasteiger partial charge in [0.25, 0.3) is 5.91 Å². The number of aliphatic hydroxyl groups excluding tert-OH is 1. The first kappa shape index (κ1) is 27.6. The van der Waals surface area contributed by atoms with E-state index in [4.69, 9.17) is 5.10 Å². The third kappa shape index (κ3) is 5.15. The Labute approximate surface area is 246 Å². The van der Waals surface area contributed by atoms with Gasteiger partial charge in [0, 0.05) is 30.5 Å². The molecule has 7 rings (SSSR count). The van der Waals surface area contributed by atoms with Gasteiger partial charge in [-0.15, -0.1) is 0 Å². The Kier molecular flexibility index (Phi) is 6.92. The summed E-state index contributed by atoms with van der Waals surface area (Å²) in [5.74, 6) is -2.48. The monoisotopic (exact) mass is 588 g/mol. The van der Waals surface area contributed by atoms with Crippen molar-refractivity contribution in [3.05, 3.63) is 101 Å². The highest BCUT2D eigenvalue weighted by Gasteiger charge is 2.55. The number of hydrogen-bond donors (Lipinski definition) is 2. The molecule has 43 heavy (non-hydrogen) atoms. The van der Waals surface area contributed by atoms with E-state index in [0.717, 1.165) is 35.5 Å². The molecule has 2 N–H and O–H groups in total. The normalized spacial score (nSPS) is 21.1. The van der Waals surface area contributed by atoms with Crippen molar-refractivity contribution in [3.63, 3.8) is 0 Å². The van der Waals surface area contributed by atoms with Crippen LogP contribution in [-0.2, 0) is 4.79 Å². The quantitative estimate of drug-likeness (QED) is 0.308. The molecule has 222 valence electrons. The standard InChI is InChI=1S/C32H31F3N6O2/c33-32(34,35)25-24-26(19-13-15-40(16-14-19)23-17-36-29(37-18-23)22-11-12-22)39-41(30(24)38-31(43)28(25)42)27(20-7-3-1-4-8-20)21-9-5-2-6-10-21/h1-10,17-19,22,25,27-28,42H,11-16H2,(H,38,43)/t25-,28-/m0/s1. The second-order valence-electron chi connectivity index (χ2n) is 11.6. The first-order valence-electron chi connectivity index (χ1n) is 14.6. The lowest BCUT2D eigenvalue weighted by atomic mass is 9.82. The van der Waals surface area contributed by atoms with Gasteiger partial charge in [0.2, 0.25) is 0 Å². The number of nitrogens with one attached hydrogen (secondary N) is 1. The number of hydrogen-bond acceptors (Lipinski definition) is 6. The molecule has 1 saturated heterocycles. The van der Waals surface area contributed by atoms with Crippen LogP contribution in [0.15, 0.2) is 73.1 Å². The second-order valence-corrected chi connectivity index (χ2v) is 11.6. The lowest BCUT2D eigenvalue weighted by Gasteiger charge is -2.35. The first-order chi connectivity index (χ1) is 20.8. The number of halogens is 3. The molecule has 2 aliphatic heterocycles. The molecule has 0 spiro atoms. The van der Waals surface area contributed by atoms with Crippen molar-refractivity contribution in [1.82, 2.24) is 19.7 Å². The molecule has 0 radical (unpaired) electrons. The van der Waals surface area contributed by atoms with Gasteiger partial charge >= 0.3 is 6.18 Å². The number of fused-ring (bicyclic) bond motifs is 1. The number of alkyl halides is 3. The molecular weight excluding hydrogens is 557 g/mol. The predicted octanol–water partition coefficient (Wildman–Crippen LogP) is 5.53. The molecule has 2 aromatic carbocycles. The maximum atomic E-state index is 14.6. The largest absolute Gasteiger partial charge is 0.398 e. The number of piperidine rings is 1. The molecule has 2 aromatic heterocycles. The zero-order valence-corrected chi connectivity index (χ0v) is 23.3. The topological polar surface area (TPSA) is 96.2 Å². The minimum Gasteiger partial charge on any atom is -0.382 e. The minimum absolute atomic E-state index is 0.0168. The van der Waals surface area contributed by atoms with Crippen LogP contribution < -0.4 is 10.2 Å². The van der Waals surface area contributed by atoms with Gasteiger partial charge in [0.05, 0.1) is 23.8 Å². The van der Waals surface area contributed by atoms with Crippen molar-refractivity contribution < 1.29 is 23.1 Å². The molecule has 4 heterocycles. The Hall–Kier alpha value is -4.25. The lowest BCUT2D eigenvalue weighted by molar-refractivity contribution is -0.177. The highest BCUT2D eigenvalue weighted by atomic mass is 19.4. The number of carbonyl (C=O) groups excluding carboxylic acids is 1. The van der Waals surface area contributed by atoms with Gasteiger partial charge < -0.3 is 15.3 Å². The highest BCUT2D eigenvalue weighted by Crippen LogP contribution is 2.49. The molecule has 4 aromatic rings. The molecule has 11 heteroatoms. The van der Waals surface area contributed by atoms with Crippen LogP contribution >= 0.6 is 0 Å². The predicted molar refractivity (Wildman–Crippen MR) is 154 cm³/mol. The summed E-state index contributed by atoms with van der Waals surface area (Å²) >= 11 is 0. The number of aromatic nitrogens is 4. The average molecular weight is 589 g/mol. The van der Waals surface area contributed by atoms with Gasteiger partial charge in [-0.3, -0.25) is 4.79 Å². The molecule has 0 unspecified atom stereocenters. The van der Waals surface area contributed by atoms with Gasteiger partial charge in [-0.25, -0.2) is 14.6 Å². The smallest absolute Gasteiger partial charge is 0.382 e. The summed E-state index contributed by atoms with van der Waals surface area (Å²) < 4.78 is 45.4. The Bertz CT molecular complexity index is 1560. The van der Waals surface area contributed by atoms with Crippen LogP contribution in [0.25, 0.3) is 0 Å². The Morgan fingerprint density at radius 1 is 0.860 bits per heavy atom. The molecule has 8 nitrogen and oxygen atoms in total. The Morgan fingerprint density at radius 3 is 1.98 bits per heavy atom. The van der Waals surface area contributed by atoms with Gasteiger partial charge in [-0.1, -0.05) is 60.7 Å². The number of aliphatic hydroxyl groups is 1. The van der Waals surface area contributed by atoms with E-state index in [-0.39, 0.29) is 23.0 Å². The van der Waals surface area contributed by atoms with E-state index in [2.05, 4.69) is 20.2 Å². The van der Waals surface area contributed by atoms with Crippen LogP contribution in [-0.4, -0.2) is 56.1 Å². The summed E-state index contributed by atoms with van der Waals surface area (Å²) in [7, 11) is 0. The van der Waals surface area contributed by atoms with Gasteiger partial charge in [0.15, 0.2) is 0 Å². The van der Waals surface area contributed by atoms with E-state index in [1.807, 2.05) is 73.1 Å². The summed E-state index contributed by atoms with van der Waals surface area (Å²) in [6.45, 7) is 1.18. The Balaban J connectivity index is 1.29. The number of benzene rings is 2. The molecule has 3 aliphatic rings. The molecule has 2 fully saturated rings. The van der Waals surface area contributed by atoms with Crippen LogP contribution in [0.2, 0.25) is 0 Å². The van der Waals surface area contributed by atoms with E-state index >= 15 is 0 Å². The van der Waals surface area contributed by atoms with Crippen LogP contribution in [0.3, 0.4) is 0 Å². The number of amides is 1. The van der Waals surface area contributed by atoms with E-state index in [0.29, 0.717) is 31.8 Å². The molecule has 1 saturated carbocycles. The zero-order chi connectivity index (χ0) is 29.7. The third-order valence-electron chi connectivity index (χ3n) is 8.79. The van der Waals surface area contributed by atoms with Crippen molar-refractivity contribution in [1.29, 1.82) is 0 Å². The summed E-state index contributed by atoms with van der Waals surface area (Å²) in [6.07, 6.45) is -0.145. The fourth-order valence-corrected chi connectivity index (χ4v) is 6.43. The molecule has 1 aliphatic carbocycles. The summed E-state index contributed by atoms with van der Waals surface area (Å²) in [6, 6.07) is 18.1. The van der Waals surface area contributed by atoms with Crippen LogP contribution in [0, 0.1) is 0 Å². The van der Waals surface area contributed by atoms with Crippen molar-refractivity contribution in [2.45, 2.75) is 61.8 Å². The molecule has 1 amide bonds. The van der Waals surface area contributed by atoms with Crippen molar-refractivity contribution in [2.24, 2.45) is 0 Å². The van der Waals surface area contributed by atoms with Crippen LogP contribution in [0.5, 0.6) is 0 Å². The molecule has 0 bridgehead atoms. The molecule has 2 atom stereocenters. The third-order valence-corrected chi connectivity index (χ3v) is 8.79. The fraction of sp³-hybridized carbons (Fsp3) is 0.375. The summed E-state index contributed by atoms with van der Waals surface area (Å²) in [5.41, 5.74) is 2.62. The zero-order valence-electron chi connectivity index (χ0n) is 23.3. The number of carbonyl (C=O) groups is 1. The van der Waals surface area contributed by atoms with E-state index in [9.17, 15) is 23.1 Å². The van der Waals surface area contributed by atoms with E-state index in [1.54, 1.807) is 0 Å². The van der Waals surface area contributed by atoms with Crippen molar-refractivity contribution in [2.75, 3.05) is 23.3 Å². The maximum Gasteiger partial charge on any atom is 0.398 e. The van der Waals surface area contributed by atoms with Gasteiger partial charge in [-0.2, -0.15) is 18.3 Å². The van der Waals surface area contributed by atoms with Crippen LogP contribution in [0.4, 0.5) is 24.7 Å². The fourth-order valence-electron chi connectivity index (χ4n) is 6.43.